The fourth-order valence-corrected chi connectivity index (χ4v) is 2.67. The van der Waals surface area contributed by atoms with Crippen LogP contribution in [-0.4, -0.2) is 29.0 Å². The molecule has 3 rings (SSSR count). The first-order chi connectivity index (χ1) is 11.4. The highest BCUT2D eigenvalue weighted by atomic mass is 19.4. The average molecular weight is 339 g/mol. The third-order valence-corrected chi connectivity index (χ3v) is 3.93. The van der Waals surface area contributed by atoms with Gasteiger partial charge in [-0.3, -0.25) is 4.79 Å². The summed E-state index contributed by atoms with van der Waals surface area (Å²) in [6.45, 7) is 1.27. The summed E-state index contributed by atoms with van der Waals surface area (Å²) in [4.78, 5) is 11.9. The van der Waals surface area contributed by atoms with Crippen LogP contribution in [0.4, 0.5) is 13.2 Å². The maximum Gasteiger partial charge on any atom is 0.416 e. The van der Waals surface area contributed by atoms with E-state index >= 15 is 0 Å². The van der Waals surface area contributed by atoms with Gasteiger partial charge in [0.1, 0.15) is 0 Å². The molecule has 2 atom stereocenters. The van der Waals surface area contributed by atoms with Gasteiger partial charge in [0.15, 0.2) is 0 Å². The minimum Gasteiger partial charge on any atom is -0.370 e. The van der Waals surface area contributed by atoms with Gasteiger partial charge in [-0.1, -0.05) is 12.1 Å². The summed E-state index contributed by atoms with van der Waals surface area (Å²) in [5.74, 6) is 0. The Kier molecular flexibility index (Phi) is 4.68. The van der Waals surface area contributed by atoms with Gasteiger partial charge in [0, 0.05) is 25.4 Å². The van der Waals surface area contributed by atoms with Crippen LogP contribution in [0.3, 0.4) is 0 Å². The van der Waals surface area contributed by atoms with E-state index in [1.807, 2.05) is 0 Å². The zero-order valence-electron chi connectivity index (χ0n) is 12.7. The van der Waals surface area contributed by atoms with Crippen LogP contribution in [-0.2, 0) is 17.5 Å². The highest BCUT2D eigenvalue weighted by Crippen LogP contribution is 2.29. The van der Waals surface area contributed by atoms with Crippen LogP contribution in [0.25, 0.3) is 0 Å². The first-order valence-corrected chi connectivity index (χ1v) is 7.47. The van der Waals surface area contributed by atoms with E-state index in [1.54, 1.807) is 6.07 Å². The molecule has 0 spiro atoms. The number of aromatic nitrogens is 2. The summed E-state index contributed by atoms with van der Waals surface area (Å²) in [5.41, 5.74) is -0.261. The summed E-state index contributed by atoms with van der Waals surface area (Å²) in [6.07, 6.45) is -3.09. The van der Waals surface area contributed by atoms with Gasteiger partial charge >= 0.3 is 6.18 Å². The van der Waals surface area contributed by atoms with Crippen LogP contribution < -0.4 is 10.9 Å². The van der Waals surface area contributed by atoms with Gasteiger partial charge in [0.05, 0.1) is 24.3 Å². The quantitative estimate of drug-likeness (QED) is 0.926. The molecule has 1 N–H and O–H groups in total. The second-order valence-electron chi connectivity index (χ2n) is 5.58. The lowest BCUT2D eigenvalue weighted by atomic mass is 10.1. The molecular formula is C16H16F3N3O2. The van der Waals surface area contributed by atoms with Crippen molar-refractivity contribution in [2.75, 3.05) is 13.1 Å². The standard InChI is InChI=1S/C16H16F3N3O2/c17-16(18,19)12-5-3-11(4-6-12)10-24-14-9-20-8-13(14)22-15(23)2-1-7-21-22/h1-7,13-14,20H,8-10H2/t13-,14-/m1/s1. The van der Waals surface area contributed by atoms with Crippen molar-refractivity contribution in [3.05, 3.63) is 64.1 Å². The van der Waals surface area contributed by atoms with E-state index in [1.165, 1.54) is 29.1 Å². The molecule has 0 bridgehead atoms. The van der Waals surface area contributed by atoms with Crippen LogP contribution in [0.1, 0.15) is 17.2 Å². The Morgan fingerprint density at radius 2 is 1.96 bits per heavy atom. The van der Waals surface area contributed by atoms with E-state index in [0.717, 1.165) is 12.1 Å². The molecule has 1 aliphatic rings. The van der Waals surface area contributed by atoms with Crippen molar-refractivity contribution >= 4 is 0 Å². The highest BCUT2D eigenvalue weighted by molar-refractivity contribution is 5.24. The van der Waals surface area contributed by atoms with Crippen molar-refractivity contribution < 1.29 is 17.9 Å². The summed E-state index contributed by atoms with van der Waals surface area (Å²) in [7, 11) is 0. The zero-order valence-corrected chi connectivity index (χ0v) is 12.7. The molecular weight excluding hydrogens is 323 g/mol. The Morgan fingerprint density at radius 3 is 2.62 bits per heavy atom. The normalized spacial score (nSPS) is 21.1. The maximum atomic E-state index is 12.5. The van der Waals surface area contributed by atoms with Crippen LogP contribution in [0.5, 0.6) is 0 Å². The van der Waals surface area contributed by atoms with Crippen molar-refractivity contribution in [2.24, 2.45) is 0 Å². The summed E-state index contributed by atoms with van der Waals surface area (Å²) in [5, 5.41) is 7.20. The molecule has 1 saturated heterocycles. The minimum absolute atomic E-state index is 0.169. The molecule has 1 aromatic heterocycles. The average Bonchev–Trinajstić information content (AvgIpc) is 3.01. The van der Waals surface area contributed by atoms with Gasteiger partial charge in [-0.05, 0) is 23.8 Å². The van der Waals surface area contributed by atoms with Crippen molar-refractivity contribution in [3.63, 3.8) is 0 Å². The van der Waals surface area contributed by atoms with E-state index < -0.39 is 11.7 Å². The topological polar surface area (TPSA) is 56.2 Å². The molecule has 1 aliphatic heterocycles. The second kappa shape index (κ2) is 6.74. The fourth-order valence-electron chi connectivity index (χ4n) is 2.67. The Hall–Kier alpha value is -2.19. The first kappa shape index (κ1) is 16.7. The van der Waals surface area contributed by atoms with Gasteiger partial charge in [-0.25, -0.2) is 4.68 Å². The van der Waals surface area contributed by atoms with Crippen molar-refractivity contribution in [3.8, 4) is 0 Å². The van der Waals surface area contributed by atoms with Crippen molar-refractivity contribution in [2.45, 2.75) is 24.9 Å². The fraction of sp³-hybridized carbons (Fsp3) is 0.375. The molecule has 5 nitrogen and oxygen atoms in total. The number of alkyl halides is 3. The predicted molar refractivity (Wildman–Crippen MR) is 80.4 cm³/mol. The van der Waals surface area contributed by atoms with Crippen molar-refractivity contribution in [1.29, 1.82) is 0 Å². The highest BCUT2D eigenvalue weighted by Gasteiger charge is 2.31. The van der Waals surface area contributed by atoms with E-state index in [-0.39, 0.29) is 24.3 Å². The molecule has 0 saturated carbocycles. The molecule has 0 unspecified atom stereocenters. The number of hydrogen-bond donors (Lipinski definition) is 1. The summed E-state index contributed by atoms with van der Waals surface area (Å²) in [6, 6.07) is 7.62. The number of ether oxygens (including phenoxy) is 1. The van der Waals surface area contributed by atoms with Gasteiger partial charge < -0.3 is 10.1 Å². The molecule has 1 aromatic carbocycles. The third-order valence-electron chi connectivity index (χ3n) is 3.93. The lowest BCUT2D eigenvalue weighted by Gasteiger charge is -2.20. The maximum absolute atomic E-state index is 12.5. The number of hydrogen-bond acceptors (Lipinski definition) is 4. The molecule has 1 fully saturated rings. The number of nitrogens with one attached hydrogen (secondary N) is 1. The molecule has 2 aromatic rings. The minimum atomic E-state index is -4.35. The zero-order chi connectivity index (χ0) is 17.2. The van der Waals surface area contributed by atoms with Crippen LogP contribution in [0.2, 0.25) is 0 Å². The van der Waals surface area contributed by atoms with Gasteiger partial charge in [0.2, 0.25) is 0 Å². The number of benzene rings is 1. The Labute approximate surface area is 136 Å². The van der Waals surface area contributed by atoms with Crippen molar-refractivity contribution in [1.82, 2.24) is 15.1 Å². The third kappa shape index (κ3) is 3.65. The number of nitrogens with zero attached hydrogens (tertiary/aromatic N) is 2. The summed E-state index contributed by atoms with van der Waals surface area (Å²) < 4.78 is 44.8. The van der Waals surface area contributed by atoms with Gasteiger partial charge in [-0.2, -0.15) is 18.3 Å². The second-order valence-corrected chi connectivity index (χ2v) is 5.58. The summed E-state index contributed by atoms with van der Waals surface area (Å²) >= 11 is 0. The monoisotopic (exact) mass is 339 g/mol. The van der Waals surface area contributed by atoms with Crippen LogP contribution >= 0.6 is 0 Å². The number of rotatable bonds is 4. The van der Waals surface area contributed by atoms with E-state index in [0.29, 0.717) is 18.7 Å². The molecule has 0 radical (unpaired) electrons. The predicted octanol–water partition coefficient (Wildman–Crippen LogP) is 1.99. The van der Waals surface area contributed by atoms with Gasteiger partial charge in [0.25, 0.3) is 5.56 Å². The van der Waals surface area contributed by atoms with E-state index in [2.05, 4.69) is 10.4 Å². The SMILES string of the molecule is O=c1cccnn1[C@@H]1CNC[C@H]1OCc1ccc(C(F)(F)F)cc1. The lowest BCUT2D eigenvalue weighted by molar-refractivity contribution is -0.137. The molecule has 128 valence electrons. The first-order valence-electron chi connectivity index (χ1n) is 7.47. The largest absolute Gasteiger partial charge is 0.416 e. The Bertz CT molecular complexity index is 743. The number of halogens is 3. The molecule has 2 heterocycles. The molecule has 0 amide bonds. The lowest BCUT2D eigenvalue weighted by Crippen LogP contribution is -2.34. The van der Waals surface area contributed by atoms with E-state index in [4.69, 9.17) is 4.74 Å². The van der Waals surface area contributed by atoms with Gasteiger partial charge in [-0.15, -0.1) is 0 Å². The Balaban J connectivity index is 1.66. The molecule has 8 heteroatoms. The van der Waals surface area contributed by atoms with E-state index in [9.17, 15) is 18.0 Å². The Morgan fingerprint density at radius 1 is 1.21 bits per heavy atom. The van der Waals surface area contributed by atoms with Crippen LogP contribution in [0, 0.1) is 0 Å². The van der Waals surface area contributed by atoms with Crippen LogP contribution in [0.15, 0.2) is 47.4 Å². The smallest absolute Gasteiger partial charge is 0.370 e. The molecule has 0 aliphatic carbocycles. The molecule has 24 heavy (non-hydrogen) atoms.